The zero-order valence-electron chi connectivity index (χ0n) is 15.0. The van der Waals surface area contributed by atoms with Gasteiger partial charge in [-0.1, -0.05) is 12.5 Å². The van der Waals surface area contributed by atoms with Crippen molar-refractivity contribution in [2.45, 2.75) is 43.0 Å². The molecule has 1 aromatic rings. The van der Waals surface area contributed by atoms with Crippen LogP contribution in [0.2, 0.25) is 0 Å². The molecule has 0 aromatic heterocycles. The number of hydrogen-bond acceptors (Lipinski definition) is 5. The van der Waals surface area contributed by atoms with E-state index in [1.807, 2.05) is 7.05 Å². The van der Waals surface area contributed by atoms with Gasteiger partial charge in [-0.25, -0.2) is 8.42 Å². The third kappa shape index (κ3) is 6.01. The molecule has 0 bridgehead atoms. The minimum Gasteiger partial charge on any atom is -0.493 e. The maximum atomic E-state index is 12.4. The molecule has 0 aliphatic heterocycles. The second kappa shape index (κ2) is 8.67. The molecule has 1 aromatic carbocycles. The quantitative estimate of drug-likeness (QED) is 0.742. The van der Waals surface area contributed by atoms with Crippen LogP contribution in [0.3, 0.4) is 0 Å². The second-order valence-corrected chi connectivity index (χ2v) is 8.85. The molecule has 7 heteroatoms. The Morgan fingerprint density at radius 1 is 1.36 bits per heavy atom. The fourth-order valence-electron chi connectivity index (χ4n) is 3.16. The Labute approximate surface area is 150 Å². The topological polar surface area (TPSA) is 89.7 Å². The van der Waals surface area contributed by atoms with Gasteiger partial charge in [-0.2, -0.15) is 0 Å². The smallest absolute Gasteiger partial charge is 0.225 e. The predicted octanol–water partition coefficient (Wildman–Crippen LogP) is 1.83. The highest BCUT2D eigenvalue weighted by Gasteiger charge is 2.27. The second-order valence-electron chi connectivity index (χ2n) is 6.83. The van der Waals surface area contributed by atoms with Crippen LogP contribution >= 0.6 is 0 Å². The molecule has 0 spiro atoms. The van der Waals surface area contributed by atoms with E-state index in [1.165, 1.54) is 12.3 Å². The van der Waals surface area contributed by atoms with Gasteiger partial charge in [0, 0.05) is 31.8 Å². The summed E-state index contributed by atoms with van der Waals surface area (Å²) in [5, 5.41) is 0. The van der Waals surface area contributed by atoms with E-state index in [2.05, 4.69) is 0 Å². The van der Waals surface area contributed by atoms with Gasteiger partial charge < -0.3 is 15.4 Å². The highest BCUT2D eigenvalue weighted by Crippen LogP contribution is 2.24. The summed E-state index contributed by atoms with van der Waals surface area (Å²) in [6.07, 6.45) is 5.58. The Bertz CT molecular complexity index is 690. The Morgan fingerprint density at radius 3 is 2.80 bits per heavy atom. The third-order valence-corrected chi connectivity index (χ3v) is 5.69. The van der Waals surface area contributed by atoms with Gasteiger partial charge in [0.15, 0.2) is 9.84 Å². The fourth-order valence-corrected chi connectivity index (χ4v) is 3.82. The van der Waals surface area contributed by atoms with E-state index < -0.39 is 9.84 Å². The first-order valence-corrected chi connectivity index (χ1v) is 10.6. The Hall–Kier alpha value is -1.60. The number of carbonyl (C=O) groups is 1. The summed E-state index contributed by atoms with van der Waals surface area (Å²) in [5.74, 6) is 0.727. The number of amides is 1. The number of rotatable bonds is 7. The lowest BCUT2D eigenvalue weighted by molar-refractivity contribution is -0.135. The van der Waals surface area contributed by atoms with Crippen LogP contribution < -0.4 is 10.5 Å². The van der Waals surface area contributed by atoms with E-state index >= 15 is 0 Å². The molecule has 0 heterocycles. The minimum atomic E-state index is -3.24. The van der Waals surface area contributed by atoms with Crippen molar-refractivity contribution in [3.8, 4) is 5.75 Å². The molecule has 1 amide bonds. The lowest BCUT2D eigenvalue weighted by Gasteiger charge is -2.29. The monoisotopic (exact) mass is 368 g/mol. The van der Waals surface area contributed by atoms with Gasteiger partial charge in [0.1, 0.15) is 5.75 Å². The molecule has 1 saturated carbocycles. The Balaban J connectivity index is 1.76. The maximum Gasteiger partial charge on any atom is 0.225 e. The van der Waals surface area contributed by atoms with Gasteiger partial charge in [-0.3, -0.25) is 4.79 Å². The lowest BCUT2D eigenvalue weighted by Crippen LogP contribution is -2.39. The summed E-state index contributed by atoms with van der Waals surface area (Å²) in [6.45, 7) is 1.03. The minimum absolute atomic E-state index is 0.0427. The van der Waals surface area contributed by atoms with Crippen molar-refractivity contribution in [2.75, 3.05) is 26.5 Å². The molecule has 2 unspecified atom stereocenters. The standard InChI is InChI=1S/C18H28N2O4S/c1-20(18(21)14-6-3-7-15(19)12-14)10-5-11-24-16-8-4-9-17(13-16)25(2,22)23/h4,8-9,13-15H,3,5-7,10-12,19H2,1-2H3. The van der Waals surface area contributed by atoms with Crippen LogP contribution in [-0.2, 0) is 14.6 Å². The average molecular weight is 368 g/mol. The van der Waals surface area contributed by atoms with Gasteiger partial charge in [0.25, 0.3) is 0 Å². The zero-order chi connectivity index (χ0) is 18.4. The van der Waals surface area contributed by atoms with Crippen LogP contribution in [0.4, 0.5) is 0 Å². The number of benzene rings is 1. The first kappa shape index (κ1) is 19.7. The van der Waals surface area contributed by atoms with E-state index in [9.17, 15) is 13.2 Å². The molecule has 1 fully saturated rings. The lowest BCUT2D eigenvalue weighted by atomic mass is 9.85. The van der Waals surface area contributed by atoms with Crippen molar-refractivity contribution in [2.24, 2.45) is 11.7 Å². The average Bonchev–Trinajstić information content (AvgIpc) is 2.57. The van der Waals surface area contributed by atoms with Crippen LogP contribution in [0.1, 0.15) is 32.1 Å². The molecule has 1 aliphatic rings. The number of ether oxygens (including phenoxy) is 1. The third-order valence-electron chi connectivity index (χ3n) is 4.58. The van der Waals surface area contributed by atoms with Crippen LogP contribution in [-0.4, -0.2) is 51.7 Å². The molecule has 2 N–H and O–H groups in total. The molecule has 0 radical (unpaired) electrons. The van der Waals surface area contributed by atoms with Crippen LogP contribution in [0.25, 0.3) is 0 Å². The summed E-state index contributed by atoms with van der Waals surface area (Å²) in [5.41, 5.74) is 5.96. The summed E-state index contributed by atoms with van der Waals surface area (Å²) < 4.78 is 28.7. The molecule has 2 rings (SSSR count). The van der Waals surface area contributed by atoms with E-state index in [-0.39, 0.29) is 22.8 Å². The number of nitrogens with zero attached hydrogens (tertiary/aromatic N) is 1. The summed E-state index contributed by atoms with van der Waals surface area (Å²) >= 11 is 0. The van der Waals surface area contributed by atoms with Crippen molar-refractivity contribution >= 4 is 15.7 Å². The van der Waals surface area contributed by atoms with Crippen LogP contribution in [0, 0.1) is 5.92 Å². The van der Waals surface area contributed by atoms with Gasteiger partial charge in [-0.15, -0.1) is 0 Å². The molecule has 25 heavy (non-hydrogen) atoms. The van der Waals surface area contributed by atoms with Crippen molar-refractivity contribution in [3.63, 3.8) is 0 Å². The zero-order valence-corrected chi connectivity index (χ0v) is 15.8. The summed E-state index contributed by atoms with van der Waals surface area (Å²) in [7, 11) is -1.43. The highest BCUT2D eigenvalue weighted by molar-refractivity contribution is 7.90. The molecule has 0 saturated heterocycles. The Kier molecular flexibility index (Phi) is 6.84. The number of carbonyl (C=O) groups excluding carboxylic acids is 1. The molecule has 2 atom stereocenters. The molecule has 6 nitrogen and oxygen atoms in total. The largest absolute Gasteiger partial charge is 0.493 e. The molecule has 1 aliphatic carbocycles. The molecule has 140 valence electrons. The summed E-state index contributed by atoms with van der Waals surface area (Å²) in [6, 6.07) is 6.60. The van der Waals surface area contributed by atoms with Gasteiger partial charge in [0.2, 0.25) is 5.91 Å². The predicted molar refractivity (Wildman–Crippen MR) is 97.2 cm³/mol. The first-order chi connectivity index (χ1) is 11.8. The number of nitrogens with two attached hydrogens (primary N) is 1. The van der Waals surface area contributed by atoms with E-state index in [1.54, 1.807) is 23.1 Å². The number of sulfone groups is 1. The van der Waals surface area contributed by atoms with Crippen molar-refractivity contribution in [3.05, 3.63) is 24.3 Å². The molecular weight excluding hydrogens is 340 g/mol. The van der Waals surface area contributed by atoms with E-state index in [0.29, 0.717) is 25.3 Å². The highest BCUT2D eigenvalue weighted by atomic mass is 32.2. The Morgan fingerprint density at radius 2 is 2.12 bits per heavy atom. The fraction of sp³-hybridized carbons (Fsp3) is 0.611. The SMILES string of the molecule is CN(CCCOc1cccc(S(C)(=O)=O)c1)C(=O)C1CCCC(N)C1. The van der Waals surface area contributed by atoms with Crippen molar-refractivity contribution in [1.82, 2.24) is 4.90 Å². The maximum absolute atomic E-state index is 12.4. The van der Waals surface area contributed by atoms with Gasteiger partial charge >= 0.3 is 0 Å². The van der Waals surface area contributed by atoms with Crippen LogP contribution in [0.15, 0.2) is 29.2 Å². The summed E-state index contributed by atoms with van der Waals surface area (Å²) in [4.78, 5) is 14.4. The van der Waals surface area contributed by atoms with Crippen LogP contribution in [0.5, 0.6) is 5.75 Å². The van der Waals surface area contributed by atoms with E-state index in [0.717, 1.165) is 25.7 Å². The molecular formula is C18H28N2O4S. The van der Waals surface area contributed by atoms with Gasteiger partial charge in [0.05, 0.1) is 11.5 Å². The normalized spacial score (nSPS) is 20.9. The van der Waals surface area contributed by atoms with Gasteiger partial charge in [-0.05, 0) is 43.9 Å². The van der Waals surface area contributed by atoms with E-state index in [4.69, 9.17) is 10.5 Å². The van der Waals surface area contributed by atoms with Crippen molar-refractivity contribution < 1.29 is 17.9 Å². The van der Waals surface area contributed by atoms with Crippen molar-refractivity contribution in [1.29, 1.82) is 0 Å². The first-order valence-electron chi connectivity index (χ1n) is 8.71. The number of hydrogen-bond donors (Lipinski definition) is 1.